The Hall–Kier alpha value is -2.76. The van der Waals surface area contributed by atoms with Gasteiger partial charge in [0.1, 0.15) is 5.75 Å². The van der Waals surface area contributed by atoms with E-state index in [0.29, 0.717) is 11.4 Å². The van der Waals surface area contributed by atoms with Crippen LogP contribution in [0.5, 0.6) is 5.75 Å². The van der Waals surface area contributed by atoms with Crippen molar-refractivity contribution in [2.45, 2.75) is 38.6 Å². The highest BCUT2D eigenvalue weighted by atomic mass is 16.5. The Bertz CT molecular complexity index is 717. The lowest BCUT2D eigenvalue weighted by molar-refractivity contribution is -0.124. The highest BCUT2D eigenvalue weighted by Crippen LogP contribution is 2.23. The third-order valence-electron chi connectivity index (χ3n) is 4.61. The monoisotopic (exact) mass is 356 g/mol. The maximum atomic E-state index is 12.0. The summed E-state index contributed by atoms with van der Waals surface area (Å²) in [7, 11) is 0. The van der Waals surface area contributed by atoms with Gasteiger partial charge in [-0.05, 0) is 68.0 Å². The third-order valence-corrected chi connectivity index (χ3v) is 4.61. The summed E-state index contributed by atoms with van der Waals surface area (Å²) in [6, 6.07) is 10.4. The normalized spacial score (nSPS) is 19.6. The fraction of sp³-hybridized carbons (Fsp3) is 0.400. The zero-order valence-corrected chi connectivity index (χ0v) is 14.9. The molecule has 0 bridgehead atoms. The number of carbonyl (C=O) groups excluding carboxylic acids is 2. The molecule has 0 spiro atoms. The molecule has 1 saturated carbocycles. The average molecular weight is 356 g/mol. The standard InChI is InChI=1S/C20H24N2O4/c1-14-4-6-15(7-5-14)21-19(23)13-26-17-10-8-16(9-11-17)22-20(24)18-3-2-12-25-18/h2-3,8-12,14-15H,4-7,13H2,1H3,(H,21,23)(H,22,24). The van der Waals surface area contributed by atoms with Crippen molar-refractivity contribution in [3.05, 3.63) is 48.4 Å². The van der Waals surface area contributed by atoms with Crippen molar-refractivity contribution in [1.29, 1.82) is 0 Å². The first kappa shape index (κ1) is 18.0. The van der Waals surface area contributed by atoms with Crippen LogP contribution in [0, 0.1) is 5.92 Å². The Morgan fingerprint density at radius 3 is 2.50 bits per heavy atom. The van der Waals surface area contributed by atoms with Gasteiger partial charge in [0.2, 0.25) is 0 Å². The van der Waals surface area contributed by atoms with Crippen molar-refractivity contribution in [2.75, 3.05) is 11.9 Å². The summed E-state index contributed by atoms with van der Waals surface area (Å²) in [4.78, 5) is 23.9. The fourth-order valence-corrected chi connectivity index (χ4v) is 3.06. The second kappa shape index (κ2) is 8.56. The lowest BCUT2D eigenvalue weighted by Gasteiger charge is -2.26. The number of furan rings is 1. The SMILES string of the molecule is CC1CCC(NC(=O)COc2ccc(NC(=O)c3ccco3)cc2)CC1. The van der Waals surface area contributed by atoms with Crippen LogP contribution in [-0.4, -0.2) is 24.5 Å². The molecule has 1 heterocycles. The Labute approximate surface area is 152 Å². The van der Waals surface area contributed by atoms with E-state index in [1.54, 1.807) is 36.4 Å². The number of anilines is 1. The molecule has 0 unspecified atom stereocenters. The minimum Gasteiger partial charge on any atom is -0.484 e. The van der Waals surface area contributed by atoms with Gasteiger partial charge in [-0.2, -0.15) is 0 Å². The van der Waals surface area contributed by atoms with E-state index in [0.717, 1.165) is 31.6 Å². The van der Waals surface area contributed by atoms with Crippen molar-refractivity contribution in [1.82, 2.24) is 5.32 Å². The lowest BCUT2D eigenvalue weighted by Crippen LogP contribution is -2.39. The Morgan fingerprint density at radius 1 is 1.12 bits per heavy atom. The van der Waals surface area contributed by atoms with E-state index >= 15 is 0 Å². The fourth-order valence-electron chi connectivity index (χ4n) is 3.06. The number of carbonyl (C=O) groups is 2. The summed E-state index contributed by atoms with van der Waals surface area (Å²) in [6.07, 6.45) is 5.85. The molecule has 2 aromatic rings. The highest BCUT2D eigenvalue weighted by molar-refractivity contribution is 6.02. The van der Waals surface area contributed by atoms with Crippen LogP contribution < -0.4 is 15.4 Å². The van der Waals surface area contributed by atoms with Crippen molar-refractivity contribution in [3.63, 3.8) is 0 Å². The minimum atomic E-state index is -0.315. The molecular weight excluding hydrogens is 332 g/mol. The number of ether oxygens (including phenoxy) is 1. The summed E-state index contributed by atoms with van der Waals surface area (Å²) >= 11 is 0. The highest BCUT2D eigenvalue weighted by Gasteiger charge is 2.19. The summed E-state index contributed by atoms with van der Waals surface area (Å²) in [5.74, 6) is 1.17. The van der Waals surface area contributed by atoms with E-state index in [-0.39, 0.29) is 30.2 Å². The third kappa shape index (κ3) is 5.12. The molecule has 1 aromatic carbocycles. The van der Waals surface area contributed by atoms with E-state index in [9.17, 15) is 9.59 Å². The maximum Gasteiger partial charge on any atom is 0.291 e. The molecule has 1 aliphatic carbocycles. The Kier molecular flexibility index (Phi) is 5.94. The van der Waals surface area contributed by atoms with Crippen LogP contribution >= 0.6 is 0 Å². The summed E-state index contributed by atoms with van der Waals surface area (Å²) in [5, 5.41) is 5.76. The van der Waals surface area contributed by atoms with Gasteiger partial charge in [0.15, 0.2) is 12.4 Å². The number of hydrogen-bond donors (Lipinski definition) is 2. The van der Waals surface area contributed by atoms with Gasteiger partial charge >= 0.3 is 0 Å². The molecular formula is C20H24N2O4. The molecule has 1 aliphatic rings. The summed E-state index contributed by atoms with van der Waals surface area (Å²) in [6.45, 7) is 2.24. The van der Waals surface area contributed by atoms with Gasteiger partial charge < -0.3 is 19.8 Å². The smallest absolute Gasteiger partial charge is 0.291 e. The minimum absolute atomic E-state index is 0.00977. The molecule has 0 saturated heterocycles. The number of benzene rings is 1. The molecule has 2 amide bonds. The molecule has 1 aromatic heterocycles. The zero-order valence-electron chi connectivity index (χ0n) is 14.9. The molecule has 2 N–H and O–H groups in total. The maximum absolute atomic E-state index is 12.0. The van der Waals surface area contributed by atoms with Gasteiger partial charge in [-0.15, -0.1) is 0 Å². The van der Waals surface area contributed by atoms with Crippen molar-refractivity contribution in [2.24, 2.45) is 5.92 Å². The molecule has 0 atom stereocenters. The van der Waals surface area contributed by atoms with Gasteiger partial charge in [-0.1, -0.05) is 6.92 Å². The van der Waals surface area contributed by atoms with Gasteiger partial charge in [0.05, 0.1) is 6.26 Å². The topological polar surface area (TPSA) is 80.6 Å². The summed E-state index contributed by atoms with van der Waals surface area (Å²) < 4.78 is 10.6. The van der Waals surface area contributed by atoms with Gasteiger partial charge in [-0.3, -0.25) is 9.59 Å². The number of amides is 2. The quantitative estimate of drug-likeness (QED) is 0.829. The van der Waals surface area contributed by atoms with Crippen LogP contribution in [0.15, 0.2) is 47.1 Å². The van der Waals surface area contributed by atoms with Crippen LogP contribution in [0.3, 0.4) is 0 Å². The molecule has 6 nitrogen and oxygen atoms in total. The van der Waals surface area contributed by atoms with Gasteiger partial charge in [0, 0.05) is 11.7 Å². The Balaban J connectivity index is 1.42. The van der Waals surface area contributed by atoms with E-state index in [2.05, 4.69) is 17.6 Å². The van der Waals surface area contributed by atoms with E-state index in [1.165, 1.54) is 6.26 Å². The average Bonchev–Trinajstić information content (AvgIpc) is 3.18. The van der Waals surface area contributed by atoms with Gasteiger partial charge in [-0.25, -0.2) is 0 Å². The van der Waals surface area contributed by atoms with Crippen molar-refractivity contribution in [3.8, 4) is 5.75 Å². The number of nitrogens with one attached hydrogen (secondary N) is 2. The molecule has 6 heteroatoms. The summed E-state index contributed by atoms with van der Waals surface area (Å²) in [5.41, 5.74) is 0.625. The molecule has 0 radical (unpaired) electrons. The Morgan fingerprint density at radius 2 is 1.85 bits per heavy atom. The molecule has 138 valence electrons. The second-order valence-corrected chi connectivity index (χ2v) is 6.77. The van der Waals surface area contributed by atoms with E-state index in [1.807, 2.05) is 0 Å². The molecule has 3 rings (SSSR count). The van der Waals surface area contributed by atoms with Gasteiger partial charge in [0.25, 0.3) is 11.8 Å². The number of hydrogen-bond acceptors (Lipinski definition) is 4. The zero-order chi connectivity index (χ0) is 18.4. The van der Waals surface area contributed by atoms with Crippen LogP contribution in [0.1, 0.15) is 43.2 Å². The first-order chi connectivity index (χ1) is 12.6. The first-order valence-corrected chi connectivity index (χ1v) is 8.97. The van der Waals surface area contributed by atoms with Crippen LogP contribution in [0.25, 0.3) is 0 Å². The second-order valence-electron chi connectivity index (χ2n) is 6.77. The van der Waals surface area contributed by atoms with Crippen molar-refractivity contribution < 1.29 is 18.7 Å². The van der Waals surface area contributed by atoms with Crippen LogP contribution in [-0.2, 0) is 4.79 Å². The lowest BCUT2D eigenvalue weighted by atomic mass is 9.87. The molecule has 26 heavy (non-hydrogen) atoms. The molecule has 1 fully saturated rings. The van der Waals surface area contributed by atoms with Crippen molar-refractivity contribution >= 4 is 17.5 Å². The molecule has 0 aliphatic heterocycles. The number of rotatable bonds is 6. The largest absolute Gasteiger partial charge is 0.484 e. The van der Waals surface area contributed by atoms with Crippen LogP contribution in [0.4, 0.5) is 5.69 Å². The van der Waals surface area contributed by atoms with E-state index in [4.69, 9.17) is 9.15 Å². The predicted molar refractivity (Wildman–Crippen MR) is 98.2 cm³/mol. The first-order valence-electron chi connectivity index (χ1n) is 8.97. The van der Waals surface area contributed by atoms with E-state index < -0.39 is 0 Å². The van der Waals surface area contributed by atoms with Crippen LogP contribution in [0.2, 0.25) is 0 Å². The predicted octanol–water partition coefficient (Wildman–Crippen LogP) is 3.61.